The van der Waals surface area contributed by atoms with E-state index in [0.717, 1.165) is 5.57 Å². The van der Waals surface area contributed by atoms with Crippen molar-refractivity contribution in [3.05, 3.63) is 65.0 Å². The smallest absolute Gasteiger partial charge is 0.259 e. The molecule has 2 aliphatic rings. The third-order valence-electron chi connectivity index (χ3n) is 3.51. The third-order valence-corrected chi connectivity index (χ3v) is 3.51. The molecule has 1 radical (unpaired) electrons. The Bertz CT molecular complexity index is 689. The quantitative estimate of drug-likeness (QED) is 0.787. The molecular weight excluding hydrogens is 341 g/mol. The molecule has 1 unspecified atom stereocenters. The molecule has 5 heteroatoms. The summed E-state index contributed by atoms with van der Waals surface area (Å²) in [5.74, 6) is -1.16. The van der Waals surface area contributed by atoms with Crippen LogP contribution in [0.25, 0.3) is 0 Å². The summed E-state index contributed by atoms with van der Waals surface area (Å²) in [5.41, 5.74) is 3.16. The molecule has 1 N–H and O–H groups in total. The maximum absolute atomic E-state index is 12.2. The standard InChI is InChI=1S/C16H14N2O2.Y/c1-10-5-2-3-6-11(9-10)13-14-12(7-4-8-17-14)15(19)18-16(13)20;/h2-8,13H,9H2,1H3,(H,18,19,20);. The normalized spacial score (nSPS) is 20.5. The Morgan fingerprint density at radius 2 is 2.00 bits per heavy atom. The molecule has 2 heterocycles. The van der Waals surface area contributed by atoms with Gasteiger partial charge in [0.05, 0.1) is 11.3 Å². The minimum atomic E-state index is -0.491. The van der Waals surface area contributed by atoms with Crippen molar-refractivity contribution in [2.24, 2.45) is 0 Å². The fourth-order valence-corrected chi connectivity index (χ4v) is 2.60. The topological polar surface area (TPSA) is 59.1 Å². The van der Waals surface area contributed by atoms with Crippen LogP contribution < -0.4 is 5.32 Å². The van der Waals surface area contributed by atoms with Crippen molar-refractivity contribution in [1.82, 2.24) is 10.3 Å². The molecule has 0 fully saturated rings. The third kappa shape index (κ3) is 3.11. The number of aromatic nitrogens is 1. The first-order chi connectivity index (χ1) is 9.66. The van der Waals surface area contributed by atoms with Gasteiger partial charge in [-0.15, -0.1) is 0 Å². The number of carbonyl (C=O) groups excluding carboxylic acids is 2. The van der Waals surface area contributed by atoms with Crippen molar-refractivity contribution < 1.29 is 42.3 Å². The van der Waals surface area contributed by atoms with Gasteiger partial charge in [-0.1, -0.05) is 29.9 Å². The van der Waals surface area contributed by atoms with Gasteiger partial charge in [0.15, 0.2) is 0 Å². The van der Waals surface area contributed by atoms with Gasteiger partial charge in [0.25, 0.3) is 5.91 Å². The van der Waals surface area contributed by atoms with Gasteiger partial charge in [-0.25, -0.2) is 0 Å². The summed E-state index contributed by atoms with van der Waals surface area (Å²) >= 11 is 0. The number of carbonyl (C=O) groups is 2. The number of amides is 2. The molecule has 1 aromatic rings. The number of imide groups is 1. The van der Waals surface area contributed by atoms with E-state index in [0.29, 0.717) is 17.7 Å². The Balaban J connectivity index is 0.00000161. The van der Waals surface area contributed by atoms with Gasteiger partial charge in [-0.05, 0) is 31.1 Å². The molecule has 1 atom stereocenters. The first-order valence-electron chi connectivity index (χ1n) is 6.50. The van der Waals surface area contributed by atoms with E-state index in [9.17, 15) is 9.59 Å². The van der Waals surface area contributed by atoms with Crippen LogP contribution >= 0.6 is 0 Å². The molecule has 2 amide bonds. The van der Waals surface area contributed by atoms with Crippen molar-refractivity contribution in [2.75, 3.05) is 0 Å². The molecule has 0 saturated heterocycles. The molecule has 0 bridgehead atoms. The van der Waals surface area contributed by atoms with Gasteiger partial charge in [-0.2, -0.15) is 0 Å². The van der Waals surface area contributed by atoms with Crippen LogP contribution in [0.2, 0.25) is 0 Å². The Hall–Kier alpha value is -1.39. The number of hydrogen-bond acceptors (Lipinski definition) is 3. The van der Waals surface area contributed by atoms with Crippen molar-refractivity contribution in [3.63, 3.8) is 0 Å². The predicted molar refractivity (Wildman–Crippen MR) is 75.0 cm³/mol. The van der Waals surface area contributed by atoms with Crippen LogP contribution in [0.3, 0.4) is 0 Å². The number of pyridine rings is 1. The van der Waals surface area contributed by atoms with Crippen molar-refractivity contribution in [3.8, 4) is 0 Å². The average Bonchev–Trinajstić information content (AvgIpc) is 2.63. The molecule has 0 aromatic carbocycles. The molecule has 103 valence electrons. The molecule has 3 rings (SSSR count). The molecule has 1 aromatic heterocycles. The predicted octanol–water partition coefficient (Wildman–Crippen LogP) is 2.27. The SMILES string of the molecule is CC1=CC=CC=C(C2C(=O)NC(=O)c3cccnc32)C1.[Y]. The summed E-state index contributed by atoms with van der Waals surface area (Å²) in [6.45, 7) is 2.02. The summed E-state index contributed by atoms with van der Waals surface area (Å²) in [6.07, 6.45) is 10.1. The van der Waals surface area contributed by atoms with Crippen LogP contribution in [0.15, 0.2) is 53.8 Å². The van der Waals surface area contributed by atoms with Crippen LogP contribution in [0.1, 0.15) is 35.3 Å². The van der Waals surface area contributed by atoms with Crippen LogP contribution in [0.5, 0.6) is 0 Å². The Kier molecular flexibility index (Phi) is 5.01. The molecule has 0 saturated carbocycles. The summed E-state index contributed by atoms with van der Waals surface area (Å²) < 4.78 is 0. The van der Waals surface area contributed by atoms with Crippen LogP contribution in [-0.4, -0.2) is 16.8 Å². The summed E-state index contributed by atoms with van der Waals surface area (Å²) in [5, 5.41) is 2.42. The second-order valence-electron chi connectivity index (χ2n) is 5.00. The van der Waals surface area contributed by atoms with Gasteiger partial charge in [0, 0.05) is 38.9 Å². The van der Waals surface area contributed by atoms with E-state index in [1.165, 1.54) is 5.57 Å². The zero-order valence-corrected chi connectivity index (χ0v) is 14.5. The average molecular weight is 355 g/mol. The van der Waals surface area contributed by atoms with Crippen LogP contribution in [0.4, 0.5) is 0 Å². The van der Waals surface area contributed by atoms with Crippen molar-refractivity contribution in [2.45, 2.75) is 19.3 Å². The zero-order chi connectivity index (χ0) is 14.1. The minimum Gasteiger partial charge on any atom is -0.291 e. The monoisotopic (exact) mass is 355 g/mol. The second kappa shape index (κ2) is 6.59. The van der Waals surface area contributed by atoms with E-state index >= 15 is 0 Å². The zero-order valence-electron chi connectivity index (χ0n) is 11.7. The fraction of sp³-hybridized carbons (Fsp3) is 0.188. The fourth-order valence-electron chi connectivity index (χ4n) is 2.60. The van der Waals surface area contributed by atoms with Gasteiger partial charge in [0.1, 0.15) is 5.92 Å². The number of fused-ring (bicyclic) bond motifs is 1. The number of nitrogens with zero attached hydrogens (tertiary/aromatic N) is 1. The molecular formula is C16H14N2O2Y. The first kappa shape index (κ1) is 16.0. The van der Waals surface area contributed by atoms with Crippen molar-refractivity contribution in [1.29, 1.82) is 0 Å². The number of allylic oxidation sites excluding steroid dienone is 5. The van der Waals surface area contributed by atoms with E-state index in [-0.39, 0.29) is 44.5 Å². The van der Waals surface area contributed by atoms with Gasteiger partial charge >= 0.3 is 0 Å². The Morgan fingerprint density at radius 3 is 2.81 bits per heavy atom. The molecule has 1 aliphatic heterocycles. The first-order valence-corrected chi connectivity index (χ1v) is 6.50. The number of rotatable bonds is 1. The minimum absolute atomic E-state index is 0. The molecule has 1 aliphatic carbocycles. The van der Waals surface area contributed by atoms with Crippen LogP contribution in [-0.2, 0) is 37.5 Å². The maximum Gasteiger partial charge on any atom is 0.259 e. The van der Waals surface area contributed by atoms with Gasteiger partial charge in [-0.3, -0.25) is 19.9 Å². The van der Waals surface area contributed by atoms with Gasteiger partial charge in [0.2, 0.25) is 5.91 Å². The van der Waals surface area contributed by atoms with Crippen molar-refractivity contribution >= 4 is 11.8 Å². The maximum atomic E-state index is 12.2. The summed E-state index contributed by atoms with van der Waals surface area (Å²) in [6, 6.07) is 3.41. The second-order valence-corrected chi connectivity index (χ2v) is 5.00. The van der Waals surface area contributed by atoms with Gasteiger partial charge < -0.3 is 0 Å². The summed E-state index contributed by atoms with van der Waals surface area (Å²) in [4.78, 5) is 28.3. The molecule has 0 spiro atoms. The van der Waals surface area contributed by atoms with E-state index in [1.54, 1.807) is 18.3 Å². The van der Waals surface area contributed by atoms with E-state index in [1.807, 2.05) is 31.2 Å². The number of hydrogen-bond donors (Lipinski definition) is 1. The molecule has 4 nitrogen and oxygen atoms in total. The van der Waals surface area contributed by atoms with Crippen LogP contribution in [0, 0.1) is 0 Å². The number of nitrogens with one attached hydrogen (secondary N) is 1. The van der Waals surface area contributed by atoms with E-state index < -0.39 is 5.92 Å². The molecule has 21 heavy (non-hydrogen) atoms. The van der Waals surface area contributed by atoms with E-state index in [2.05, 4.69) is 10.3 Å². The largest absolute Gasteiger partial charge is 0.291 e. The Labute approximate surface area is 148 Å². The Morgan fingerprint density at radius 1 is 1.24 bits per heavy atom. The van der Waals surface area contributed by atoms with E-state index in [4.69, 9.17) is 0 Å². The summed E-state index contributed by atoms with van der Waals surface area (Å²) in [7, 11) is 0.